The van der Waals surface area contributed by atoms with Crippen LogP contribution in [0.3, 0.4) is 0 Å². The minimum Gasteiger partial charge on any atom is -0.351 e. The second kappa shape index (κ2) is 9.65. The van der Waals surface area contributed by atoms with E-state index in [4.69, 9.17) is 0 Å². The summed E-state index contributed by atoms with van der Waals surface area (Å²) >= 11 is 0. The quantitative estimate of drug-likeness (QED) is 0.656. The van der Waals surface area contributed by atoms with Crippen molar-refractivity contribution in [1.29, 1.82) is 0 Å². The van der Waals surface area contributed by atoms with E-state index < -0.39 is 11.7 Å². The van der Waals surface area contributed by atoms with Crippen molar-refractivity contribution in [1.82, 2.24) is 19.8 Å². The van der Waals surface area contributed by atoms with Gasteiger partial charge in [0, 0.05) is 44.2 Å². The third kappa shape index (κ3) is 5.34. The minimum absolute atomic E-state index is 0.0264. The summed E-state index contributed by atoms with van der Waals surface area (Å²) < 4.78 is 41.1. The number of alkyl halides is 3. The number of carbonyl (C=O) groups is 1. The fourth-order valence-electron chi connectivity index (χ4n) is 4.86. The summed E-state index contributed by atoms with van der Waals surface area (Å²) in [6, 6.07) is 6.17. The average molecular weight is 449 g/mol. The Labute approximate surface area is 187 Å². The van der Waals surface area contributed by atoms with E-state index in [0.29, 0.717) is 43.2 Å². The zero-order valence-electron chi connectivity index (χ0n) is 18.5. The molecule has 0 saturated carbocycles. The smallest absolute Gasteiger partial charge is 0.351 e. The van der Waals surface area contributed by atoms with Gasteiger partial charge in [-0.2, -0.15) is 13.2 Å². The Bertz CT molecular complexity index is 940. The number of aromatic nitrogens is 2. The lowest BCUT2D eigenvalue weighted by atomic mass is 9.90. The van der Waals surface area contributed by atoms with Crippen molar-refractivity contribution < 1.29 is 18.0 Å². The molecule has 2 aliphatic heterocycles. The summed E-state index contributed by atoms with van der Waals surface area (Å²) in [7, 11) is 0. The third-order valence-corrected chi connectivity index (χ3v) is 6.76. The molecule has 0 radical (unpaired) electrons. The number of fused-ring (bicyclic) bond motifs is 1. The monoisotopic (exact) mass is 448 g/mol. The molecule has 4 rings (SSSR count). The van der Waals surface area contributed by atoms with E-state index in [1.807, 2.05) is 4.57 Å². The molecular weight excluding hydrogens is 417 g/mol. The van der Waals surface area contributed by atoms with Crippen molar-refractivity contribution in [2.45, 2.75) is 70.1 Å². The van der Waals surface area contributed by atoms with Crippen LogP contribution in [0.5, 0.6) is 0 Å². The summed E-state index contributed by atoms with van der Waals surface area (Å²) in [5.41, 5.74) is 0.443. The van der Waals surface area contributed by atoms with Gasteiger partial charge in [0.15, 0.2) is 0 Å². The van der Waals surface area contributed by atoms with Crippen molar-refractivity contribution in [3.63, 3.8) is 0 Å². The predicted molar refractivity (Wildman–Crippen MR) is 117 cm³/mol. The minimum atomic E-state index is -4.35. The van der Waals surface area contributed by atoms with Crippen molar-refractivity contribution in [3.8, 4) is 0 Å². The van der Waals surface area contributed by atoms with Crippen LogP contribution in [0.4, 0.5) is 13.2 Å². The van der Waals surface area contributed by atoms with Crippen LogP contribution in [-0.4, -0.2) is 46.0 Å². The number of piperidine rings is 1. The molecule has 2 aliphatic rings. The molecule has 1 amide bonds. The van der Waals surface area contributed by atoms with Crippen molar-refractivity contribution in [3.05, 3.63) is 53.1 Å². The molecule has 3 heterocycles. The van der Waals surface area contributed by atoms with Gasteiger partial charge in [-0.25, -0.2) is 4.98 Å². The Morgan fingerprint density at radius 2 is 2.09 bits per heavy atom. The maximum absolute atomic E-state index is 13.1. The molecule has 2 aromatic rings. The maximum atomic E-state index is 13.1. The van der Waals surface area contributed by atoms with Crippen LogP contribution >= 0.6 is 0 Å². The molecular formula is C24H31F3N4O. The van der Waals surface area contributed by atoms with Crippen LogP contribution in [0.25, 0.3) is 0 Å². The lowest BCUT2D eigenvalue weighted by Gasteiger charge is -2.33. The number of nitrogens with zero attached hydrogens (tertiary/aromatic N) is 3. The Kier molecular flexibility index (Phi) is 6.88. The molecule has 5 nitrogen and oxygen atoms in total. The number of carbonyl (C=O) groups excluding carboxylic acids is 1. The number of benzene rings is 1. The van der Waals surface area contributed by atoms with E-state index in [1.165, 1.54) is 31.4 Å². The number of aryl methyl sites for hydroxylation is 1. The van der Waals surface area contributed by atoms with E-state index in [-0.39, 0.29) is 11.8 Å². The largest absolute Gasteiger partial charge is 0.416 e. The summed E-state index contributed by atoms with van der Waals surface area (Å²) in [5.74, 6) is 0.608. The molecule has 8 heteroatoms. The van der Waals surface area contributed by atoms with Crippen LogP contribution in [0.2, 0.25) is 0 Å². The van der Waals surface area contributed by atoms with Gasteiger partial charge in [0.05, 0.1) is 5.56 Å². The summed E-state index contributed by atoms with van der Waals surface area (Å²) in [4.78, 5) is 19.5. The Morgan fingerprint density at radius 3 is 2.88 bits per heavy atom. The van der Waals surface area contributed by atoms with Crippen LogP contribution in [0.1, 0.15) is 72.4 Å². The molecule has 1 aromatic carbocycles. The molecule has 2 atom stereocenters. The first-order chi connectivity index (χ1) is 15.3. The highest BCUT2D eigenvalue weighted by atomic mass is 19.4. The van der Waals surface area contributed by atoms with Gasteiger partial charge >= 0.3 is 6.18 Å². The third-order valence-electron chi connectivity index (χ3n) is 6.76. The van der Waals surface area contributed by atoms with Gasteiger partial charge in [-0.1, -0.05) is 24.6 Å². The Balaban J connectivity index is 1.31. The van der Waals surface area contributed by atoms with E-state index in [2.05, 4.69) is 22.1 Å². The molecule has 32 heavy (non-hydrogen) atoms. The lowest BCUT2D eigenvalue weighted by molar-refractivity contribution is -0.137. The van der Waals surface area contributed by atoms with E-state index in [9.17, 15) is 18.0 Å². The van der Waals surface area contributed by atoms with Gasteiger partial charge in [0.2, 0.25) is 0 Å². The van der Waals surface area contributed by atoms with E-state index >= 15 is 0 Å². The van der Waals surface area contributed by atoms with Gasteiger partial charge in [-0.3, -0.25) is 4.79 Å². The first kappa shape index (κ1) is 22.8. The second-order valence-corrected chi connectivity index (χ2v) is 9.04. The summed E-state index contributed by atoms with van der Waals surface area (Å²) in [6.45, 7) is 5.52. The van der Waals surface area contributed by atoms with Crippen molar-refractivity contribution >= 4 is 5.91 Å². The molecule has 1 N–H and O–H groups in total. The Morgan fingerprint density at radius 1 is 1.25 bits per heavy atom. The van der Waals surface area contributed by atoms with Crippen molar-refractivity contribution in [2.75, 3.05) is 19.6 Å². The zero-order valence-corrected chi connectivity index (χ0v) is 18.5. The summed E-state index contributed by atoms with van der Waals surface area (Å²) in [6.07, 6.45) is 3.44. The molecule has 1 saturated heterocycles. The maximum Gasteiger partial charge on any atom is 0.416 e. The van der Waals surface area contributed by atoms with Crippen LogP contribution in [0.15, 0.2) is 30.5 Å². The second-order valence-electron chi connectivity index (χ2n) is 9.04. The van der Waals surface area contributed by atoms with Crippen molar-refractivity contribution in [2.24, 2.45) is 0 Å². The van der Waals surface area contributed by atoms with Gasteiger partial charge in [0.25, 0.3) is 5.91 Å². The first-order valence-corrected chi connectivity index (χ1v) is 11.6. The number of halogens is 3. The Hall–Kier alpha value is -2.35. The number of likely N-dealkylation sites (tertiary alicyclic amines) is 1. The van der Waals surface area contributed by atoms with Crippen LogP contribution < -0.4 is 5.32 Å². The normalized spacial score (nSPS) is 21.9. The standard InChI is InChI=1S/C24H31F3N4O/c1-17-6-2-3-12-30(17)13-5-11-28-23(32)21-16-31-15-19(9-10-22(31)29-21)18-7-4-8-20(14-18)24(25,26)27/h4,7-8,14,16-17,19H,2-3,5-6,9-13,15H2,1H3,(H,28,32). The lowest BCUT2D eigenvalue weighted by Crippen LogP contribution is -2.39. The number of rotatable bonds is 6. The molecule has 0 aliphatic carbocycles. The SMILES string of the molecule is CC1CCCCN1CCCNC(=O)c1cn2c(n1)CCC(c1cccc(C(F)(F)F)c1)C2. The fraction of sp³-hybridized carbons (Fsp3) is 0.583. The highest BCUT2D eigenvalue weighted by Crippen LogP contribution is 2.34. The molecule has 1 fully saturated rings. The van der Waals surface area contributed by atoms with E-state index in [1.54, 1.807) is 12.3 Å². The fourth-order valence-corrected chi connectivity index (χ4v) is 4.86. The molecule has 0 spiro atoms. The zero-order chi connectivity index (χ0) is 22.7. The average Bonchev–Trinajstić information content (AvgIpc) is 3.21. The predicted octanol–water partition coefficient (Wildman–Crippen LogP) is 4.63. The first-order valence-electron chi connectivity index (χ1n) is 11.6. The van der Waals surface area contributed by atoms with Gasteiger partial charge in [0.1, 0.15) is 11.5 Å². The van der Waals surface area contributed by atoms with Gasteiger partial charge < -0.3 is 14.8 Å². The number of hydrogen-bond acceptors (Lipinski definition) is 3. The number of hydrogen-bond donors (Lipinski definition) is 1. The number of amides is 1. The number of nitrogens with one attached hydrogen (secondary N) is 1. The van der Waals surface area contributed by atoms with Gasteiger partial charge in [-0.05, 0) is 50.8 Å². The molecule has 0 bridgehead atoms. The van der Waals surface area contributed by atoms with Gasteiger partial charge in [-0.15, -0.1) is 0 Å². The van der Waals surface area contributed by atoms with Crippen LogP contribution in [0, 0.1) is 0 Å². The van der Waals surface area contributed by atoms with Crippen LogP contribution in [-0.2, 0) is 19.1 Å². The summed E-state index contributed by atoms with van der Waals surface area (Å²) in [5, 5.41) is 2.96. The van der Waals surface area contributed by atoms with E-state index in [0.717, 1.165) is 31.4 Å². The number of imidazole rings is 1. The molecule has 174 valence electrons. The molecule has 2 unspecified atom stereocenters. The highest BCUT2D eigenvalue weighted by Gasteiger charge is 2.31. The molecule has 1 aromatic heterocycles. The topological polar surface area (TPSA) is 50.2 Å². The highest BCUT2D eigenvalue weighted by molar-refractivity contribution is 5.92.